The number of hydrogen-bond acceptors (Lipinski definition) is 5. The number of anilines is 1. The molecule has 126 valence electrons. The van der Waals surface area contributed by atoms with Gasteiger partial charge in [0.15, 0.2) is 5.13 Å². The molecule has 25 heavy (non-hydrogen) atoms. The molecule has 2 heterocycles. The maximum atomic E-state index is 12.6. The van der Waals surface area contributed by atoms with Crippen molar-refractivity contribution >= 4 is 44.4 Å². The molecule has 1 aromatic carbocycles. The number of nitrogens with one attached hydrogen (secondary N) is 1. The number of carbonyl (C=O) groups is 3. The highest BCUT2D eigenvalue weighted by Gasteiger charge is 2.59. The lowest BCUT2D eigenvalue weighted by atomic mass is 9.85. The zero-order valence-electron chi connectivity index (χ0n) is 13.2. The predicted molar refractivity (Wildman–Crippen MR) is 92.7 cm³/mol. The van der Waals surface area contributed by atoms with E-state index in [1.165, 1.54) is 11.3 Å². The van der Waals surface area contributed by atoms with Crippen LogP contribution in [-0.4, -0.2) is 34.2 Å². The van der Waals surface area contributed by atoms with Crippen molar-refractivity contribution in [2.75, 3.05) is 11.9 Å². The van der Waals surface area contributed by atoms with Crippen molar-refractivity contribution in [3.05, 3.63) is 36.4 Å². The number of para-hydroxylation sites is 1. The van der Waals surface area contributed by atoms with Crippen LogP contribution in [0.5, 0.6) is 0 Å². The first kappa shape index (κ1) is 14.8. The minimum Gasteiger partial charge on any atom is -0.300 e. The molecule has 0 radical (unpaired) electrons. The van der Waals surface area contributed by atoms with Crippen molar-refractivity contribution in [2.45, 2.75) is 6.42 Å². The maximum Gasteiger partial charge on any atom is 0.246 e. The van der Waals surface area contributed by atoms with Gasteiger partial charge in [-0.2, -0.15) is 0 Å². The van der Waals surface area contributed by atoms with Crippen molar-refractivity contribution in [3.8, 4) is 0 Å². The van der Waals surface area contributed by atoms with E-state index < -0.39 is 0 Å². The fourth-order valence-corrected chi connectivity index (χ4v) is 5.23. The quantitative estimate of drug-likeness (QED) is 0.676. The average Bonchev–Trinajstić information content (AvgIpc) is 3.34. The highest BCUT2D eigenvalue weighted by molar-refractivity contribution is 7.22. The molecule has 2 aliphatic carbocycles. The van der Waals surface area contributed by atoms with Gasteiger partial charge < -0.3 is 5.32 Å². The van der Waals surface area contributed by atoms with Gasteiger partial charge in [-0.1, -0.05) is 35.6 Å². The Hall–Kier alpha value is -2.54. The predicted octanol–water partition coefficient (Wildman–Crippen LogP) is 2.04. The topological polar surface area (TPSA) is 79.4 Å². The van der Waals surface area contributed by atoms with E-state index in [0.717, 1.165) is 21.5 Å². The van der Waals surface area contributed by atoms with Crippen molar-refractivity contribution < 1.29 is 14.4 Å². The standard InChI is InChI=1S/C18H15N3O3S/c22-13(20-18-19-11-3-1-2-4-12(11)25-18)8-21-16(23)14-9-5-6-10(7-9)15(14)17(21)24/h1-6,9-10,14-15H,7-8H2,(H,19,20,22). The van der Waals surface area contributed by atoms with E-state index >= 15 is 0 Å². The third kappa shape index (κ3) is 2.15. The second kappa shape index (κ2) is 5.23. The number of amides is 3. The summed E-state index contributed by atoms with van der Waals surface area (Å²) in [5.74, 6) is -1.01. The van der Waals surface area contributed by atoms with Gasteiger partial charge in [0.05, 0.1) is 22.1 Å². The van der Waals surface area contributed by atoms with Crippen LogP contribution in [0.1, 0.15) is 6.42 Å². The Morgan fingerprint density at radius 3 is 2.52 bits per heavy atom. The first-order valence-corrected chi connectivity index (χ1v) is 9.12. The molecule has 5 rings (SSSR count). The molecule has 2 fully saturated rings. The summed E-state index contributed by atoms with van der Waals surface area (Å²) in [6.45, 7) is -0.236. The van der Waals surface area contributed by atoms with Crippen LogP contribution >= 0.6 is 11.3 Å². The summed E-state index contributed by atoms with van der Waals surface area (Å²) in [5.41, 5.74) is 0.813. The van der Waals surface area contributed by atoms with Crippen LogP contribution in [0.2, 0.25) is 0 Å². The van der Waals surface area contributed by atoms with E-state index in [9.17, 15) is 14.4 Å². The molecule has 1 aliphatic heterocycles. The molecule has 7 heteroatoms. The lowest BCUT2D eigenvalue weighted by Crippen LogP contribution is -2.39. The van der Waals surface area contributed by atoms with Gasteiger partial charge in [0, 0.05) is 0 Å². The number of fused-ring (bicyclic) bond motifs is 6. The third-order valence-corrected chi connectivity index (χ3v) is 6.36. The number of likely N-dealkylation sites (tertiary alicyclic amines) is 1. The summed E-state index contributed by atoms with van der Waals surface area (Å²) in [5, 5.41) is 3.19. The van der Waals surface area contributed by atoms with Crippen LogP contribution in [0.3, 0.4) is 0 Å². The van der Waals surface area contributed by atoms with E-state index in [0.29, 0.717) is 5.13 Å². The molecule has 3 amide bonds. The Labute approximate surface area is 147 Å². The summed E-state index contributed by atoms with van der Waals surface area (Å²) in [4.78, 5) is 43.0. The van der Waals surface area contributed by atoms with Crippen LogP contribution in [0, 0.1) is 23.7 Å². The average molecular weight is 353 g/mol. The molecule has 6 nitrogen and oxygen atoms in total. The molecule has 1 N–H and O–H groups in total. The molecule has 1 saturated carbocycles. The van der Waals surface area contributed by atoms with Crippen molar-refractivity contribution in [2.24, 2.45) is 23.7 Å². The summed E-state index contributed by atoms with van der Waals surface area (Å²) in [6.07, 6.45) is 4.97. The van der Waals surface area contributed by atoms with E-state index in [1.54, 1.807) is 0 Å². The van der Waals surface area contributed by atoms with E-state index in [2.05, 4.69) is 10.3 Å². The van der Waals surface area contributed by atoms with Gasteiger partial charge in [-0.25, -0.2) is 4.98 Å². The Bertz CT molecular complexity index is 887. The zero-order chi connectivity index (χ0) is 17.1. The van der Waals surface area contributed by atoms with Crippen LogP contribution in [-0.2, 0) is 14.4 Å². The molecular weight excluding hydrogens is 338 g/mol. The smallest absolute Gasteiger partial charge is 0.246 e. The Morgan fingerprint density at radius 1 is 1.16 bits per heavy atom. The molecule has 1 saturated heterocycles. The number of thiazole rings is 1. The zero-order valence-corrected chi connectivity index (χ0v) is 14.0. The number of rotatable bonds is 3. The normalized spacial score (nSPS) is 29.7. The second-order valence-corrected chi connectivity index (χ2v) is 7.83. The van der Waals surface area contributed by atoms with Gasteiger partial charge in [0.2, 0.25) is 17.7 Å². The van der Waals surface area contributed by atoms with Gasteiger partial charge >= 0.3 is 0 Å². The molecule has 0 spiro atoms. The van der Waals surface area contributed by atoms with Crippen LogP contribution in [0.4, 0.5) is 5.13 Å². The summed E-state index contributed by atoms with van der Waals surface area (Å²) < 4.78 is 0.975. The Balaban J connectivity index is 1.31. The monoisotopic (exact) mass is 353 g/mol. The largest absolute Gasteiger partial charge is 0.300 e. The van der Waals surface area contributed by atoms with E-state index in [1.807, 2.05) is 36.4 Å². The number of imide groups is 1. The first-order valence-electron chi connectivity index (χ1n) is 8.31. The SMILES string of the molecule is O=C(CN1C(=O)C2C3C=CC(C3)C2C1=O)Nc1nc2ccccc2s1. The molecule has 2 aromatic rings. The fourth-order valence-electron chi connectivity index (χ4n) is 4.35. The molecule has 2 bridgehead atoms. The number of aromatic nitrogens is 1. The minimum absolute atomic E-state index is 0.156. The van der Waals surface area contributed by atoms with Gasteiger partial charge in [-0.15, -0.1) is 0 Å². The van der Waals surface area contributed by atoms with Gasteiger partial charge in [0.1, 0.15) is 6.54 Å². The minimum atomic E-state index is -0.388. The lowest BCUT2D eigenvalue weighted by molar-refractivity contribution is -0.143. The maximum absolute atomic E-state index is 12.6. The van der Waals surface area contributed by atoms with Gasteiger partial charge in [-0.3, -0.25) is 19.3 Å². The number of nitrogens with zero attached hydrogens (tertiary/aromatic N) is 2. The van der Waals surface area contributed by atoms with E-state index in [-0.39, 0.29) is 47.9 Å². The molecule has 1 aromatic heterocycles. The second-order valence-electron chi connectivity index (χ2n) is 6.80. The van der Waals surface area contributed by atoms with Crippen LogP contribution in [0.25, 0.3) is 10.2 Å². The van der Waals surface area contributed by atoms with Crippen LogP contribution in [0.15, 0.2) is 36.4 Å². The lowest BCUT2D eigenvalue weighted by Gasteiger charge is -2.16. The third-order valence-electron chi connectivity index (χ3n) is 5.40. The summed E-state index contributed by atoms with van der Waals surface area (Å²) >= 11 is 1.37. The summed E-state index contributed by atoms with van der Waals surface area (Å²) in [7, 11) is 0. The van der Waals surface area contributed by atoms with Crippen molar-refractivity contribution in [1.82, 2.24) is 9.88 Å². The summed E-state index contributed by atoms with van der Waals surface area (Å²) in [6, 6.07) is 7.60. The molecule has 4 unspecified atom stereocenters. The fraction of sp³-hybridized carbons (Fsp3) is 0.333. The van der Waals surface area contributed by atoms with Crippen molar-refractivity contribution in [3.63, 3.8) is 0 Å². The highest BCUT2D eigenvalue weighted by Crippen LogP contribution is 2.52. The number of benzene rings is 1. The van der Waals surface area contributed by atoms with Gasteiger partial charge in [0.25, 0.3) is 0 Å². The number of carbonyl (C=O) groups excluding carboxylic acids is 3. The number of hydrogen-bond donors (Lipinski definition) is 1. The Morgan fingerprint density at radius 2 is 1.84 bits per heavy atom. The molecular formula is C18H15N3O3S. The highest BCUT2D eigenvalue weighted by atomic mass is 32.1. The molecule has 3 aliphatic rings. The van der Waals surface area contributed by atoms with Gasteiger partial charge in [-0.05, 0) is 30.4 Å². The first-order chi connectivity index (χ1) is 12.1. The Kier molecular flexibility index (Phi) is 3.09. The van der Waals surface area contributed by atoms with E-state index in [4.69, 9.17) is 0 Å². The number of allylic oxidation sites excluding steroid dienone is 2. The van der Waals surface area contributed by atoms with Crippen molar-refractivity contribution in [1.29, 1.82) is 0 Å². The molecule has 4 atom stereocenters. The van der Waals surface area contributed by atoms with Crippen LogP contribution < -0.4 is 5.32 Å².